The van der Waals surface area contributed by atoms with Crippen LogP contribution in [-0.2, 0) is 11.2 Å². The van der Waals surface area contributed by atoms with Gasteiger partial charge in [0.05, 0.1) is 0 Å². The number of nitrogens with one attached hydrogen (secondary N) is 2. The topological polar surface area (TPSA) is 80.4 Å². The van der Waals surface area contributed by atoms with Gasteiger partial charge in [-0.15, -0.1) is 0 Å². The number of carbonyl (C=O) groups is 1. The van der Waals surface area contributed by atoms with Crippen molar-refractivity contribution in [3.05, 3.63) is 52.4 Å². The molecule has 0 saturated heterocycles. The Kier molecular flexibility index (Phi) is 3.82. The zero-order valence-corrected chi connectivity index (χ0v) is 13.0. The molecular weight excluding hydrogens is 296 g/mol. The number of benzene rings is 1. The average molecular weight is 314 g/mol. The maximum Gasteiger partial charge on any atom is 0.262 e. The van der Waals surface area contributed by atoms with Crippen LogP contribution in [0.3, 0.4) is 0 Å². The lowest BCUT2D eigenvalue weighted by Gasteiger charge is -2.18. The number of para-hydroxylation sites is 1. The van der Waals surface area contributed by atoms with Crippen LogP contribution >= 0.6 is 0 Å². The number of rotatable bonds is 4. The van der Waals surface area contributed by atoms with Crippen LogP contribution in [0, 0.1) is 0 Å². The van der Waals surface area contributed by atoms with E-state index in [0.717, 1.165) is 12.0 Å². The minimum atomic E-state index is -0.406. The van der Waals surface area contributed by atoms with Gasteiger partial charge in [0, 0.05) is 30.4 Å². The molecule has 1 aliphatic rings. The summed E-state index contributed by atoms with van der Waals surface area (Å²) in [5.74, 6) is 0.810. The van der Waals surface area contributed by atoms with Crippen LogP contribution in [0.2, 0.25) is 0 Å². The molecule has 2 heterocycles. The fraction of sp³-hybridized carbons (Fsp3) is 0.294. The molecule has 0 fully saturated rings. The predicted octanol–water partition coefficient (Wildman–Crippen LogP) is 2.11. The molecule has 0 unspecified atom stereocenters. The number of aromatic amines is 1. The van der Waals surface area contributed by atoms with Gasteiger partial charge in [0.1, 0.15) is 11.3 Å². The largest absolute Gasteiger partial charge is 0.483 e. The Balaban J connectivity index is 1.66. The molecule has 3 rings (SSSR count). The van der Waals surface area contributed by atoms with Gasteiger partial charge in [-0.25, -0.2) is 0 Å². The van der Waals surface area contributed by atoms with Crippen molar-refractivity contribution in [2.45, 2.75) is 25.9 Å². The van der Waals surface area contributed by atoms with Crippen LogP contribution in [0.4, 0.5) is 5.69 Å². The van der Waals surface area contributed by atoms with E-state index in [4.69, 9.17) is 9.47 Å². The smallest absolute Gasteiger partial charge is 0.262 e. The maximum atomic E-state index is 11.9. The molecule has 0 radical (unpaired) electrons. The second kappa shape index (κ2) is 5.79. The zero-order chi connectivity index (χ0) is 16.4. The molecule has 0 spiro atoms. The Morgan fingerprint density at radius 2 is 2.22 bits per heavy atom. The number of anilines is 1. The van der Waals surface area contributed by atoms with E-state index in [0.29, 0.717) is 11.5 Å². The standard InChI is InChI=1S/C17H18N2O4/c1-17(2)8-11-4-3-5-14(16(11)23-17)22-10-15(21)19-12-9-18-7-6-13(12)20/h3-7,9H,8,10H2,1-2H3,(H,18,20)(H,19,21). The molecule has 23 heavy (non-hydrogen) atoms. The van der Waals surface area contributed by atoms with E-state index in [9.17, 15) is 9.59 Å². The molecule has 0 bridgehead atoms. The van der Waals surface area contributed by atoms with Crippen LogP contribution in [0.1, 0.15) is 19.4 Å². The third-order valence-corrected chi connectivity index (χ3v) is 3.51. The number of carbonyl (C=O) groups excluding carboxylic acids is 1. The van der Waals surface area contributed by atoms with Gasteiger partial charge in [-0.05, 0) is 19.9 Å². The summed E-state index contributed by atoms with van der Waals surface area (Å²) in [6.45, 7) is 3.81. The molecule has 1 aromatic carbocycles. The first kappa shape index (κ1) is 15.1. The highest BCUT2D eigenvalue weighted by molar-refractivity contribution is 5.91. The molecule has 6 nitrogen and oxygen atoms in total. The fourth-order valence-corrected chi connectivity index (χ4v) is 2.54. The molecular formula is C17H18N2O4. The summed E-state index contributed by atoms with van der Waals surface area (Å²) >= 11 is 0. The minimum Gasteiger partial charge on any atom is -0.483 e. The van der Waals surface area contributed by atoms with Crippen LogP contribution in [0.5, 0.6) is 11.5 Å². The number of hydrogen-bond acceptors (Lipinski definition) is 4. The van der Waals surface area contributed by atoms with Gasteiger partial charge in [-0.2, -0.15) is 0 Å². The quantitative estimate of drug-likeness (QED) is 0.905. The van der Waals surface area contributed by atoms with Crippen LogP contribution in [0.15, 0.2) is 41.5 Å². The molecule has 120 valence electrons. The lowest BCUT2D eigenvalue weighted by Crippen LogP contribution is -2.25. The molecule has 1 amide bonds. The Morgan fingerprint density at radius 1 is 1.39 bits per heavy atom. The van der Waals surface area contributed by atoms with Crippen molar-refractivity contribution in [1.29, 1.82) is 0 Å². The van der Waals surface area contributed by atoms with Crippen molar-refractivity contribution in [3.8, 4) is 11.5 Å². The number of fused-ring (bicyclic) bond motifs is 1. The second-order valence-electron chi connectivity index (χ2n) is 6.04. The van der Waals surface area contributed by atoms with Gasteiger partial charge in [0.15, 0.2) is 18.1 Å². The van der Waals surface area contributed by atoms with E-state index >= 15 is 0 Å². The third-order valence-electron chi connectivity index (χ3n) is 3.51. The van der Waals surface area contributed by atoms with Crippen molar-refractivity contribution in [2.24, 2.45) is 0 Å². The van der Waals surface area contributed by atoms with Crippen LogP contribution < -0.4 is 20.2 Å². The van der Waals surface area contributed by atoms with Crippen molar-refractivity contribution < 1.29 is 14.3 Å². The normalized spacial score (nSPS) is 14.7. The summed E-state index contributed by atoms with van der Waals surface area (Å²) in [7, 11) is 0. The van der Waals surface area contributed by atoms with Crippen molar-refractivity contribution in [3.63, 3.8) is 0 Å². The van der Waals surface area contributed by atoms with Gasteiger partial charge >= 0.3 is 0 Å². The second-order valence-corrected chi connectivity index (χ2v) is 6.04. The van der Waals surface area contributed by atoms with Gasteiger partial charge in [-0.3, -0.25) is 9.59 Å². The van der Waals surface area contributed by atoms with Gasteiger partial charge in [0.25, 0.3) is 5.91 Å². The first-order chi connectivity index (χ1) is 10.9. The number of pyridine rings is 1. The average Bonchev–Trinajstić information content (AvgIpc) is 2.82. The summed E-state index contributed by atoms with van der Waals surface area (Å²) in [5.41, 5.74) is 0.716. The molecule has 6 heteroatoms. The SMILES string of the molecule is CC1(C)Cc2cccc(OCC(=O)Nc3c[nH]ccc3=O)c2O1. The first-order valence-electron chi connectivity index (χ1n) is 7.35. The molecule has 0 atom stereocenters. The van der Waals surface area contributed by atoms with E-state index in [2.05, 4.69) is 10.3 Å². The molecule has 0 saturated carbocycles. The lowest BCUT2D eigenvalue weighted by molar-refractivity contribution is -0.118. The highest BCUT2D eigenvalue weighted by Gasteiger charge is 2.32. The summed E-state index contributed by atoms with van der Waals surface area (Å²) in [6.07, 6.45) is 3.73. The van der Waals surface area contributed by atoms with Crippen molar-refractivity contribution in [1.82, 2.24) is 4.98 Å². The molecule has 0 aliphatic carbocycles. The predicted molar refractivity (Wildman–Crippen MR) is 86.0 cm³/mol. The number of amides is 1. The Morgan fingerprint density at radius 3 is 3.00 bits per heavy atom. The molecule has 2 N–H and O–H groups in total. The summed E-state index contributed by atoms with van der Waals surface area (Å²) in [5, 5.41) is 2.52. The van der Waals surface area contributed by atoms with E-state index in [1.54, 1.807) is 6.07 Å². The fourth-order valence-electron chi connectivity index (χ4n) is 2.54. The molecule has 2 aromatic rings. The highest BCUT2D eigenvalue weighted by Crippen LogP contribution is 2.41. The summed E-state index contributed by atoms with van der Waals surface area (Å²) in [4.78, 5) is 26.2. The number of H-pyrrole nitrogens is 1. The van der Waals surface area contributed by atoms with Crippen LogP contribution in [0.25, 0.3) is 0 Å². The van der Waals surface area contributed by atoms with E-state index in [-0.39, 0.29) is 23.3 Å². The lowest BCUT2D eigenvalue weighted by atomic mass is 10.0. The van der Waals surface area contributed by atoms with E-state index < -0.39 is 5.91 Å². The van der Waals surface area contributed by atoms with Gasteiger partial charge < -0.3 is 19.8 Å². The monoisotopic (exact) mass is 314 g/mol. The first-order valence-corrected chi connectivity index (χ1v) is 7.35. The van der Waals surface area contributed by atoms with Gasteiger partial charge in [0.2, 0.25) is 5.43 Å². The number of aromatic nitrogens is 1. The Labute approximate surface area is 133 Å². The molecule has 1 aromatic heterocycles. The highest BCUT2D eigenvalue weighted by atomic mass is 16.5. The number of hydrogen-bond donors (Lipinski definition) is 2. The molecule has 1 aliphatic heterocycles. The van der Waals surface area contributed by atoms with Crippen molar-refractivity contribution >= 4 is 11.6 Å². The van der Waals surface area contributed by atoms with E-state index in [1.165, 1.54) is 18.5 Å². The summed E-state index contributed by atoms with van der Waals surface area (Å²) < 4.78 is 11.5. The minimum absolute atomic E-state index is 0.191. The van der Waals surface area contributed by atoms with Crippen LogP contribution in [-0.4, -0.2) is 23.1 Å². The van der Waals surface area contributed by atoms with E-state index in [1.807, 2.05) is 26.0 Å². The maximum absolute atomic E-state index is 11.9. The van der Waals surface area contributed by atoms with Gasteiger partial charge in [-0.1, -0.05) is 12.1 Å². The third kappa shape index (κ3) is 3.36. The van der Waals surface area contributed by atoms with Crippen molar-refractivity contribution in [2.75, 3.05) is 11.9 Å². The Hall–Kier alpha value is -2.76. The zero-order valence-electron chi connectivity index (χ0n) is 13.0. The number of ether oxygens (including phenoxy) is 2. The summed E-state index contributed by atoms with van der Waals surface area (Å²) in [6, 6.07) is 6.97. The Bertz CT molecular complexity index is 795.